The number of fused-ring (bicyclic) bond motifs is 1. The third kappa shape index (κ3) is 6.05. The molecule has 2 atom stereocenters. The predicted molar refractivity (Wildman–Crippen MR) is 149 cm³/mol. The molecule has 0 bridgehead atoms. The van der Waals surface area contributed by atoms with Crippen molar-refractivity contribution in [3.05, 3.63) is 66.0 Å². The lowest BCUT2D eigenvalue weighted by Crippen LogP contribution is -2.41. The maximum atomic E-state index is 12.9. The molecule has 3 aliphatic rings. The van der Waals surface area contributed by atoms with Gasteiger partial charge in [-0.2, -0.15) is 4.98 Å². The van der Waals surface area contributed by atoms with E-state index in [0.717, 1.165) is 49.0 Å². The highest BCUT2D eigenvalue weighted by Gasteiger charge is 2.37. The maximum Gasteiger partial charge on any atom is 0.246 e. The average Bonchev–Trinajstić information content (AvgIpc) is 2.88. The fourth-order valence-electron chi connectivity index (χ4n) is 5.91. The highest BCUT2D eigenvalue weighted by Crippen LogP contribution is 2.48. The van der Waals surface area contributed by atoms with Gasteiger partial charge in [0, 0.05) is 12.3 Å². The second kappa shape index (κ2) is 10.5. The van der Waals surface area contributed by atoms with E-state index in [-0.39, 0.29) is 0 Å². The van der Waals surface area contributed by atoms with Crippen molar-refractivity contribution in [2.45, 2.75) is 58.0 Å². The molecule has 2 unspecified atom stereocenters. The monoisotopic (exact) mass is 520 g/mol. The Morgan fingerprint density at radius 3 is 2.59 bits per heavy atom. The molecule has 0 saturated heterocycles. The van der Waals surface area contributed by atoms with Crippen LogP contribution < -0.4 is 10.5 Å². The number of nitrogens with zero attached hydrogens (tertiary/aromatic N) is 3. The zero-order valence-corrected chi connectivity index (χ0v) is 22.6. The number of nitrogen functional groups attached to an aromatic ring is 1. The summed E-state index contributed by atoms with van der Waals surface area (Å²) in [5, 5.41) is 0. The summed E-state index contributed by atoms with van der Waals surface area (Å²) in [6.45, 7) is 3.99. The molecule has 1 aromatic heterocycles. The van der Waals surface area contributed by atoms with Crippen molar-refractivity contribution < 1.29 is 14.2 Å². The van der Waals surface area contributed by atoms with Crippen LogP contribution in [0, 0.1) is 17.8 Å². The molecule has 2 aliphatic carbocycles. The number of benzene rings is 1. The molecular formula is C29H37N4O3P. The summed E-state index contributed by atoms with van der Waals surface area (Å²) in [6, 6.07) is 10.00. The van der Waals surface area contributed by atoms with Crippen molar-refractivity contribution in [3.8, 4) is 5.88 Å². The lowest BCUT2D eigenvalue weighted by molar-refractivity contribution is 0.171. The van der Waals surface area contributed by atoms with Crippen LogP contribution in [0.5, 0.6) is 5.88 Å². The van der Waals surface area contributed by atoms with Crippen molar-refractivity contribution in [3.63, 3.8) is 0 Å². The van der Waals surface area contributed by atoms with E-state index < -0.39 is 13.0 Å². The lowest BCUT2D eigenvalue weighted by Gasteiger charge is -2.36. The van der Waals surface area contributed by atoms with Crippen molar-refractivity contribution in [1.82, 2.24) is 9.97 Å². The van der Waals surface area contributed by atoms with Gasteiger partial charge in [-0.05, 0) is 81.3 Å². The summed E-state index contributed by atoms with van der Waals surface area (Å²) in [4.78, 5) is 23.7. The van der Waals surface area contributed by atoms with Crippen LogP contribution in [0.3, 0.4) is 0 Å². The number of aryl methyl sites for hydroxylation is 1. The normalized spacial score (nSPS) is 26.3. The third-order valence-electron chi connectivity index (χ3n) is 8.00. The van der Waals surface area contributed by atoms with E-state index in [4.69, 9.17) is 15.5 Å². The Hall–Kier alpha value is -2.76. The van der Waals surface area contributed by atoms with E-state index in [2.05, 4.69) is 28.2 Å². The molecule has 37 heavy (non-hydrogen) atoms. The second-order valence-electron chi connectivity index (χ2n) is 11.2. The van der Waals surface area contributed by atoms with Gasteiger partial charge in [0.2, 0.25) is 13.2 Å². The minimum absolute atomic E-state index is 0.320. The van der Waals surface area contributed by atoms with E-state index >= 15 is 0 Å². The van der Waals surface area contributed by atoms with Gasteiger partial charge in [-0.3, -0.25) is 4.57 Å². The predicted octanol–water partition coefficient (Wildman–Crippen LogP) is 6.12. The molecular weight excluding hydrogens is 483 g/mol. The van der Waals surface area contributed by atoms with E-state index in [0.29, 0.717) is 53.9 Å². The van der Waals surface area contributed by atoms with Crippen LogP contribution in [-0.2, 0) is 11.0 Å². The van der Waals surface area contributed by atoms with E-state index in [9.17, 15) is 9.46 Å². The number of ether oxygens (including phenoxy) is 1. The molecule has 5 rings (SSSR count). The van der Waals surface area contributed by atoms with E-state index in [1.54, 1.807) is 0 Å². The number of hydrogen-bond acceptors (Lipinski definition) is 6. The Morgan fingerprint density at radius 2 is 1.89 bits per heavy atom. The number of rotatable bonds is 7. The smallest absolute Gasteiger partial charge is 0.246 e. The van der Waals surface area contributed by atoms with Gasteiger partial charge in [0.15, 0.2) is 11.5 Å². The van der Waals surface area contributed by atoms with Crippen LogP contribution in [0.4, 0.5) is 11.5 Å². The zero-order valence-electron chi connectivity index (χ0n) is 21.7. The fraction of sp³-hybridized carbons (Fsp3) is 0.483. The van der Waals surface area contributed by atoms with Gasteiger partial charge in [0.1, 0.15) is 11.9 Å². The minimum atomic E-state index is -3.11. The summed E-state index contributed by atoms with van der Waals surface area (Å²) >= 11 is 0. The highest BCUT2D eigenvalue weighted by atomic mass is 31.2. The molecule has 0 spiro atoms. The first-order valence-corrected chi connectivity index (χ1v) is 15.4. The first kappa shape index (κ1) is 25.9. The van der Waals surface area contributed by atoms with Gasteiger partial charge < -0.3 is 15.4 Å². The summed E-state index contributed by atoms with van der Waals surface area (Å²) in [6.07, 6.45) is 14.9. The minimum Gasteiger partial charge on any atom is -0.463 e. The molecule has 2 heterocycles. The first-order valence-electron chi connectivity index (χ1n) is 13.3. The summed E-state index contributed by atoms with van der Waals surface area (Å²) < 4.78 is 19.0. The molecule has 8 heteroatoms. The standard InChI is InChI=1S/C29H37N4O3P/c1-29(2)26(33-25-27(30)31-19-32-28(25)36-29)24-14-12-23(13-15-24)22-10-8-21(9-11-22)18-37(34,35)17-16-20-6-4-3-5-7-20/h3-7,12,14-15,19,21-23H,8-11,13,16-18H2,1-2H3,(H,34,35)(H2,30,31,32). The summed E-state index contributed by atoms with van der Waals surface area (Å²) in [5.74, 6) is 2.18. The van der Waals surface area contributed by atoms with Gasteiger partial charge in [-0.1, -0.05) is 48.6 Å². The van der Waals surface area contributed by atoms with Crippen molar-refractivity contribution in [1.29, 1.82) is 0 Å². The van der Waals surface area contributed by atoms with Crippen molar-refractivity contribution in [2.24, 2.45) is 22.7 Å². The summed E-state index contributed by atoms with van der Waals surface area (Å²) in [5.41, 5.74) is 8.94. The largest absolute Gasteiger partial charge is 0.463 e. The molecule has 0 amide bonds. The summed E-state index contributed by atoms with van der Waals surface area (Å²) in [7, 11) is -3.11. The Kier molecular flexibility index (Phi) is 7.37. The van der Waals surface area contributed by atoms with Crippen LogP contribution in [0.1, 0.15) is 51.5 Å². The molecule has 2 aromatic rings. The fourth-order valence-corrected chi connectivity index (χ4v) is 7.87. The number of anilines is 1. The average molecular weight is 521 g/mol. The molecule has 1 fully saturated rings. The van der Waals surface area contributed by atoms with Crippen LogP contribution in [-0.4, -0.2) is 38.5 Å². The van der Waals surface area contributed by atoms with Crippen LogP contribution >= 0.6 is 7.37 Å². The number of aliphatic imine (C=N–C) groups is 1. The lowest BCUT2D eigenvalue weighted by atomic mass is 9.73. The third-order valence-corrected chi connectivity index (χ3v) is 10.0. The maximum absolute atomic E-state index is 12.9. The number of allylic oxidation sites excluding steroid dienone is 3. The molecule has 1 aromatic carbocycles. The number of aromatic nitrogens is 2. The van der Waals surface area contributed by atoms with Crippen LogP contribution in [0.25, 0.3) is 0 Å². The number of hydrogen-bond donors (Lipinski definition) is 2. The zero-order chi connectivity index (χ0) is 26.0. The molecule has 196 valence electrons. The Bertz CT molecular complexity index is 1260. The second-order valence-corrected chi connectivity index (χ2v) is 13.7. The number of nitrogens with two attached hydrogens (primary N) is 1. The van der Waals surface area contributed by atoms with Gasteiger partial charge in [-0.15, -0.1) is 0 Å². The van der Waals surface area contributed by atoms with Gasteiger partial charge in [0.25, 0.3) is 0 Å². The van der Waals surface area contributed by atoms with Gasteiger partial charge in [-0.25, -0.2) is 9.98 Å². The molecule has 3 N–H and O–H groups in total. The quantitative estimate of drug-likeness (QED) is 0.425. The van der Waals surface area contributed by atoms with Gasteiger partial charge in [0.05, 0.1) is 5.71 Å². The Morgan fingerprint density at radius 1 is 1.14 bits per heavy atom. The van der Waals surface area contributed by atoms with Crippen LogP contribution in [0.2, 0.25) is 0 Å². The first-order chi connectivity index (χ1) is 17.7. The van der Waals surface area contributed by atoms with Crippen LogP contribution in [0.15, 0.2) is 65.5 Å². The SMILES string of the molecule is CC1(C)Oc2ncnc(N)c2N=C1C1=CCC(C2CCC(CP(=O)(O)CCc3ccccc3)CC2)C=C1. The Labute approximate surface area is 219 Å². The molecule has 1 saturated carbocycles. The topological polar surface area (TPSA) is 111 Å². The molecule has 0 radical (unpaired) electrons. The van der Waals surface area contributed by atoms with Crippen molar-refractivity contribution >= 4 is 24.6 Å². The molecule has 1 aliphatic heterocycles. The van der Waals surface area contributed by atoms with Crippen molar-refractivity contribution in [2.75, 3.05) is 18.1 Å². The Balaban J connectivity index is 1.15. The highest BCUT2D eigenvalue weighted by molar-refractivity contribution is 7.58. The van der Waals surface area contributed by atoms with E-state index in [1.165, 1.54) is 6.33 Å². The van der Waals surface area contributed by atoms with E-state index in [1.807, 2.05) is 44.2 Å². The molecule has 7 nitrogen and oxygen atoms in total. The van der Waals surface area contributed by atoms with Gasteiger partial charge >= 0.3 is 0 Å².